The van der Waals surface area contributed by atoms with Crippen molar-refractivity contribution < 1.29 is 5.11 Å². The zero-order chi connectivity index (χ0) is 18.0. The Morgan fingerprint density at radius 2 is 1.79 bits per heavy atom. The quantitative estimate of drug-likeness (QED) is 0.626. The molecule has 2 rings (SSSR count). The summed E-state index contributed by atoms with van der Waals surface area (Å²) < 4.78 is 1.88. The summed E-state index contributed by atoms with van der Waals surface area (Å²) in [7, 11) is 6.23. The molecule has 128 valence electrons. The van der Waals surface area contributed by atoms with Gasteiger partial charge in [0.15, 0.2) is 5.69 Å². The highest BCUT2D eigenvalue weighted by Crippen LogP contribution is 2.20. The van der Waals surface area contributed by atoms with Crippen LogP contribution < -0.4 is 16.6 Å². The lowest BCUT2D eigenvalue weighted by atomic mass is 10.2. The first-order chi connectivity index (χ1) is 11.2. The lowest BCUT2D eigenvalue weighted by molar-refractivity contribution is 0.414. The molecule has 0 radical (unpaired) electrons. The average Bonchev–Trinajstić information content (AvgIpc) is 2.55. The number of nitrogens with zero attached hydrogens (tertiary/aromatic N) is 4. The van der Waals surface area contributed by atoms with Crippen LogP contribution in [0.5, 0.6) is 5.88 Å². The molecule has 0 spiro atoms. The maximum Gasteiger partial charge on any atom is 0.333 e. The molecular weight excluding hydrogens is 310 g/mol. The number of hydrogen-bond acceptors (Lipinski definition) is 4. The maximum absolute atomic E-state index is 12.3. The zero-order valence-corrected chi connectivity index (χ0v) is 14.4. The van der Waals surface area contributed by atoms with Crippen molar-refractivity contribution in [1.29, 1.82) is 0 Å². The van der Waals surface area contributed by atoms with Gasteiger partial charge in [-0.05, 0) is 18.6 Å². The van der Waals surface area contributed by atoms with Crippen molar-refractivity contribution in [1.82, 2.24) is 14.0 Å². The SMILES string of the molecule is Cc1ccccc1NC(=Nc1c(O)n(C)c(=O)n(C)c1=O)N(C)C. The van der Waals surface area contributed by atoms with E-state index in [0.717, 1.165) is 20.4 Å². The van der Waals surface area contributed by atoms with Gasteiger partial charge in [0.1, 0.15) is 0 Å². The molecule has 0 bridgehead atoms. The molecule has 0 saturated carbocycles. The molecule has 0 aliphatic carbocycles. The van der Waals surface area contributed by atoms with E-state index in [1.807, 2.05) is 31.2 Å². The molecule has 24 heavy (non-hydrogen) atoms. The highest BCUT2D eigenvalue weighted by molar-refractivity contribution is 5.95. The predicted molar refractivity (Wildman–Crippen MR) is 94.2 cm³/mol. The lowest BCUT2D eigenvalue weighted by Crippen LogP contribution is -2.37. The monoisotopic (exact) mass is 331 g/mol. The van der Waals surface area contributed by atoms with Crippen molar-refractivity contribution in [3.8, 4) is 5.88 Å². The van der Waals surface area contributed by atoms with E-state index in [2.05, 4.69) is 10.3 Å². The van der Waals surface area contributed by atoms with Gasteiger partial charge in [0, 0.05) is 33.9 Å². The summed E-state index contributed by atoms with van der Waals surface area (Å²) in [5.74, 6) is -0.121. The first kappa shape index (κ1) is 17.3. The lowest BCUT2D eigenvalue weighted by Gasteiger charge is -2.19. The van der Waals surface area contributed by atoms with Crippen LogP contribution in [0.3, 0.4) is 0 Å². The third kappa shape index (κ3) is 3.17. The molecule has 0 aliphatic heterocycles. The number of aliphatic imine (C=N–C) groups is 1. The minimum absolute atomic E-state index is 0.204. The van der Waals surface area contributed by atoms with Gasteiger partial charge < -0.3 is 15.3 Å². The number of aromatic nitrogens is 2. The average molecular weight is 331 g/mol. The van der Waals surface area contributed by atoms with Gasteiger partial charge in [-0.3, -0.25) is 13.9 Å². The number of para-hydroxylation sites is 1. The van der Waals surface area contributed by atoms with E-state index in [4.69, 9.17) is 0 Å². The molecular formula is C16H21N5O3. The van der Waals surface area contributed by atoms with E-state index in [1.165, 1.54) is 14.1 Å². The second-order valence-electron chi connectivity index (χ2n) is 5.65. The molecule has 0 saturated heterocycles. The zero-order valence-electron chi connectivity index (χ0n) is 14.4. The van der Waals surface area contributed by atoms with E-state index in [0.29, 0.717) is 5.96 Å². The van der Waals surface area contributed by atoms with E-state index in [1.54, 1.807) is 19.0 Å². The van der Waals surface area contributed by atoms with E-state index >= 15 is 0 Å². The van der Waals surface area contributed by atoms with Crippen molar-refractivity contribution in [2.24, 2.45) is 19.1 Å². The summed E-state index contributed by atoms with van der Waals surface area (Å²) in [6.07, 6.45) is 0. The molecule has 8 nitrogen and oxygen atoms in total. The molecule has 2 N–H and O–H groups in total. The van der Waals surface area contributed by atoms with Crippen molar-refractivity contribution in [3.63, 3.8) is 0 Å². The second-order valence-corrected chi connectivity index (χ2v) is 5.65. The Morgan fingerprint density at radius 3 is 2.38 bits per heavy atom. The van der Waals surface area contributed by atoms with Gasteiger partial charge in [-0.1, -0.05) is 18.2 Å². The van der Waals surface area contributed by atoms with Gasteiger partial charge in [-0.15, -0.1) is 0 Å². The van der Waals surface area contributed by atoms with Gasteiger partial charge in [0.25, 0.3) is 5.56 Å². The minimum Gasteiger partial charge on any atom is -0.493 e. The van der Waals surface area contributed by atoms with Crippen molar-refractivity contribution in [2.75, 3.05) is 19.4 Å². The molecule has 8 heteroatoms. The first-order valence-corrected chi connectivity index (χ1v) is 7.31. The number of rotatable bonds is 2. The number of anilines is 1. The Hall–Kier alpha value is -3.03. The van der Waals surface area contributed by atoms with Gasteiger partial charge in [0.05, 0.1) is 0 Å². The van der Waals surface area contributed by atoms with Crippen LogP contribution in [0.15, 0.2) is 38.8 Å². The normalized spacial score (nSPS) is 11.5. The van der Waals surface area contributed by atoms with E-state index < -0.39 is 17.1 Å². The number of guanidine groups is 1. The number of hydrogen-bond donors (Lipinski definition) is 2. The molecule has 0 fully saturated rings. The smallest absolute Gasteiger partial charge is 0.333 e. The number of benzene rings is 1. The molecule has 2 aromatic rings. The summed E-state index contributed by atoms with van der Waals surface area (Å²) in [4.78, 5) is 30.0. The van der Waals surface area contributed by atoms with Crippen molar-refractivity contribution in [3.05, 3.63) is 50.7 Å². The molecule has 1 heterocycles. The Labute approximate surface area is 139 Å². The standard InChI is InChI=1S/C16H21N5O3/c1-10-8-6-7-9-11(10)17-15(19(2)3)18-12-13(22)20(4)16(24)21(5)14(12)23/h6-9,22H,1-5H3,(H,17,18). The molecule has 0 amide bonds. The van der Waals surface area contributed by atoms with Crippen LogP contribution in [0.1, 0.15) is 5.56 Å². The highest BCUT2D eigenvalue weighted by Gasteiger charge is 2.16. The third-order valence-corrected chi connectivity index (χ3v) is 3.64. The van der Waals surface area contributed by atoms with E-state index in [9.17, 15) is 14.7 Å². The van der Waals surface area contributed by atoms with Crippen LogP contribution in [0.2, 0.25) is 0 Å². The maximum atomic E-state index is 12.3. The van der Waals surface area contributed by atoms with Gasteiger partial charge in [-0.25, -0.2) is 9.79 Å². The second kappa shape index (κ2) is 6.61. The van der Waals surface area contributed by atoms with Crippen molar-refractivity contribution in [2.45, 2.75) is 6.92 Å². The Morgan fingerprint density at radius 1 is 1.17 bits per heavy atom. The Bertz CT molecular complexity index is 909. The molecule has 0 unspecified atom stereocenters. The van der Waals surface area contributed by atoms with Crippen LogP contribution >= 0.6 is 0 Å². The van der Waals surface area contributed by atoms with Crippen LogP contribution in [0.25, 0.3) is 0 Å². The fourth-order valence-electron chi connectivity index (χ4n) is 2.09. The molecule has 1 aromatic carbocycles. The van der Waals surface area contributed by atoms with Crippen LogP contribution in [0.4, 0.5) is 11.4 Å². The highest BCUT2D eigenvalue weighted by atomic mass is 16.3. The van der Waals surface area contributed by atoms with E-state index in [-0.39, 0.29) is 5.69 Å². The number of nitrogens with one attached hydrogen (secondary N) is 1. The van der Waals surface area contributed by atoms with Gasteiger partial charge in [-0.2, -0.15) is 0 Å². The summed E-state index contributed by atoms with van der Waals surface area (Å²) in [5, 5.41) is 13.3. The fraction of sp³-hybridized carbons (Fsp3) is 0.312. The topological polar surface area (TPSA) is 91.9 Å². The Balaban J connectivity index is 2.60. The van der Waals surface area contributed by atoms with Gasteiger partial charge in [0.2, 0.25) is 11.8 Å². The Kier molecular flexibility index (Phi) is 4.77. The van der Waals surface area contributed by atoms with Crippen LogP contribution in [-0.2, 0) is 14.1 Å². The third-order valence-electron chi connectivity index (χ3n) is 3.64. The first-order valence-electron chi connectivity index (χ1n) is 7.31. The molecule has 0 atom stereocenters. The summed E-state index contributed by atoms with van der Waals surface area (Å²) in [5.41, 5.74) is 0.344. The van der Waals surface area contributed by atoms with Crippen LogP contribution in [-0.4, -0.2) is 39.2 Å². The number of aromatic hydroxyl groups is 1. The van der Waals surface area contributed by atoms with Crippen molar-refractivity contribution >= 4 is 17.3 Å². The fourth-order valence-corrected chi connectivity index (χ4v) is 2.09. The summed E-state index contributed by atoms with van der Waals surface area (Å²) in [6.45, 7) is 1.94. The molecule has 1 aromatic heterocycles. The van der Waals surface area contributed by atoms with Gasteiger partial charge >= 0.3 is 5.69 Å². The van der Waals surface area contributed by atoms with Crippen LogP contribution in [0, 0.1) is 6.92 Å². The molecule has 0 aliphatic rings. The number of aryl methyl sites for hydroxylation is 1. The largest absolute Gasteiger partial charge is 0.493 e. The predicted octanol–water partition coefficient (Wildman–Crippen LogP) is 0.759. The summed E-state index contributed by atoms with van der Waals surface area (Å²) >= 11 is 0. The minimum atomic E-state index is -0.665. The summed E-state index contributed by atoms with van der Waals surface area (Å²) in [6, 6.07) is 7.62.